The molecule has 314 valence electrons. The number of aromatic nitrogens is 4. The van der Waals surface area contributed by atoms with Crippen molar-refractivity contribution in [2.75, 3.05) is 26.8 Å². The Bertz CT molecular complexity index is 2230. The standard InChI is InChI=1S/C48H57N7O5/c1-30(2)37-23-14-31(3)26-42(37)60-29-43(56)54-24-8-12-40(54)45-49-27-38(51-45)34-19-15-32(16-20-34)33-17-21-35(22-18-33)39-28-50-46(52-39)41-13-9-25-55(41)47(57)44(53-48(58)59-4)36-10-6-5-7-11-36/h5-7,10-11,15-22,27-28,30-31,37,40-42,44H,8-9,12-14,23-26,29H2,1-4H3,(H,49,51)(H,50,52)(H,53,58)/t31-,37+,40+,41+,42-,44-/m1/s1. The number of nitrogens with one attached hydrogen (secondary N) is 3. The highest BCUT2D eigenvalue weighted by Crippen LogP contribution is 2.38. The van der Waals surface area contributed by atoms with E-state index >= 15 is 0 Å². The van der Waals surface area contributed by atoms with Crippen LogP contribution >= 0.6 is 0 Å². The van der Waals surface area contributed by atoms with Crippen LogP contribution in [0.2, 0.25) is 0 Å². The van der Waals surface area contributed by atoms with Crippen molar-refractivity contribution in [3.63, 3.8) is 0 Å². The molecule has 3 aromatic carbocycles. The molecule has 0 spiro atoms. The summed E-state index contributed by atoms with van der Waals surface area (Å²) in [5, 5.41) is 2.72. The van der Waals surface area contributed by atoms with Crippen LogP contribution in [0.5, 0.6) is 0 Å². The maximum absolute atomic E-state index is 13.9. The first-order chi connectivity index (χ1) is 29.2. The molecule has 5 aromatic rings. The van der Waals surface area contributed by atoms with Gasteiger partial charge in [0, 0.05) is 13.1 Å². The molecule has 60 heavy (non-hydrogen) atoms. The van der Waals surface area contributed by atoms with Crippen LogP contribution in [0.1, 0.15) is 101 Å². The Labute approximate surface area is 352 Å². The predicted octanol–water partition coefficient (Wildman–Crippen LogP) is 9.04. The monoisotopic (exact) mass is 811 g/mol. The molecular weight excluding hydrogens is 755 g/mol. The lowest BCUT2D eigenvalue weighted by atomic mass is 9.75. The molecule has 2 aromatic heterocycles. The number of hydrogen-bond donors (Lipinski definition) is 3. The second-order valence-corrected chi connectivity index (χ2v) is 17.1. The van der Waals surface area contributed by atoms with E-state index < -0.39 is 12.1 Å². The number of methoxy groups -OCH3 is 1. The van der Waals surface area contributed by atoms with Crippen LogP contribution in [0.3, 0.4) is 0 Å². The van der Waals surface area contributed by atoms with E-state index in [1.807, 2.05) is 47.6 Å². The zero-order chi connectivity index (χ0) is 41.8. The van der Waals surface area contributed by atoms with Crippen molar-refractivity contribution in [3.05, 3.63) is 108 Å². The predicted molar refractivity (Wildman–Crippen MR) is 230 cm³/mol. The maximum Gasteiger partial charge on any atom is 0.407 e. The quantitative estimate of drug-likeness (QED) is 0.114. The first-order valence-electron chi connectivity index (χ1n) is 21.6. The lowest BCUT2D eigenvalue weighted by Crippen LogP contribution is -2.42. The summed E-state index contributed by atoms with van der Waals surface area (Å²) in [7, 11) is 1.29. The number of H-pyrrole nitrogens is 2. The van der Waals surface area contributed by atoms with Gasteiger partial charge >= 0.3 is 6.09 Å². The number of hydrogen-bond acceptors (Lipinski definition) is 7. The molecule has 2 aliphatic heterocycles. The van der Waals surface area contributed by atoms with Crippen molar-refractivity contribution < 1.29 is 23.9 Å². The van der Waals surface area contributed by atoms with Crippen LogP contribution in [-0.4, -0.2) is 80.6 Å². The maximum atomic E-state index is 13.9. The Morgan fingerprint density at radius 3 is 1.87 bits per heavy atom. The molecule has 3 amide bonds. The Morgan fingerprint density at radius 2 is 1.30 bits per heavy atom. The Hall–Kier alpha value is -5.75. The van der Waals surface area contributed by atoms with Crippen LogP contribution in [0, 0.1) is 17.8 Å². The number of ether oxygens (including phenoxy) is 2. The molecule has 4 heterocycles. The fourth-order valence-electron chi connectivity index (χ4n) is 9.50. The van der Waals surface area contributed by atoms with Crippen molar-refractivity contribution in [2.45, 2.75) is 89.9 Å². The normalized spacial score (nSPS) is 22.2. The van der Waals surface area contributed by atoms with Gasteiger partial charge in [0.1, 0.15) is 24.3 Å². The van der Waals surface area contributed by atoms with Crippen LogP contribution in [0.15, 0.2) is 91.3 Å². The van der Waals surface area contributed by atoms with Crippen LogP contribution in [0.4, 0.5) is 4.79 Å². The molecule has 3 N–H and O–H groups in total. The molecule has 3 fully saturated rings. The molecule has 0 bridgehead atoms. The highest BCUT2D eigenvalue weighted by Gasteiger charge is 2.38. The minimum atomic E-state index is -0.870. The van der Waals surface area contributed by atoms with Gasteiger partial charge in [-0.05, 0) is 84.1 Å². The average molecular weight is 812 g/mol. The van der Waals surface area contributed by atoms with Gasteiger partial charge in [-0.3, -0.25) is 9.59 Å². The van der Waals surface area contributed by atoms with Crippen molar-refractivity contribution in [2.24, 2.45) is 17.8 Å². The first-order valence-corrected chi connectivity index (χ1v) is 21.6. The van der Waals surface area contributed by atoms with Gasteiger partial charge in [-0.2, -0.15) is 0 Å². The highest BCUT2D eigenvalue weighted by molar-refractivity contribution is 5.87. The number of carbonyl (C=O) groups excluding carboxylic acids is 3. The summed E-state index contributed by atoms with van der Waals surface area (Å²) in [6.07, 6.45) is 10.0. The zero-order valence-corrected chi connectivity index (χ0v) is 35.1. The smallest absolute Gasteiger partial charge is 0.407 e. The van der Waals surface area contributed by atoms with Crippen molar-refractivity contribution >= 4 is 17.9 Å². The largest absolute Gasteiger partial charge is 0.453 e. The second-order valence-electron chi connectivity index (χ2n) is 17.1. The van der Waals surface area contributed by atoms with Crippen molar-refractivity contribution in [1.29, 1.82) is 0 Å². The molecule has 8 rings (SSSR count). The number of likely N-dealkylation sites (tertiary alicyclic amines) is 2. The molecule has 1 aliphatic carbocycles. The molecule has 12 nitrogen and oxygen atoms in total. The van der Waals surface area contributed by atoms with Crippen molar-refractivity contribution in [3.8, 4) is 33.6 Å². The first kappa shape index (κ1) is 41.0. The minimum absolute atomic E-state index is 0.0514. The SMILES string of the molecule is COC(=O)N[C@@H](C(=O)N1CCC[C@H]1c1ncc(-c2ccc(-c3ccc(-c4cnc([C@@H]5CCCN5C(=O)CO[C@@H]5C[C@H](C)CC[C@H]5C(C)C)[nH]4)cc3)cc2)[nH]1)c1ccccc1. The van der Waals surface area contributed by atoms with Gasteiger partial charge in [0.05, 0.1) is 49.1 Å². The van der Waals surface area contributed by atoms with E-state index in [9.17, 15) is 14.4 Å². The third-order valence-electron chi connectivity index (χ3n) is 12.9. The summed E-state index contributed by atoms with van der Waals surface area (Å²) in [5.74, 6) is 3.08. The van der Waals surface area contributed by atoms with Crippen LogP contribution in [-0.2, 0) is 19.1 Å². The van der Waals surface area contributed by atoms with Crippen molar-refractivity contribution in [1.82, 2.24) is 35.1 Å². The summed E-state index contributed by atoms with van der Waals surface area (Å²) in [4.78, 5) is 59.8. The van der Waals surface area contributed by atoms with E-state index in [1.165, 1.54) is 20.0 Å². The van der Waals surface area contributed by atoms with Gasteiger partial charge in [0.25, 0.3) is 5.91 Å². The molecule has 2 saturated heterocycles. The summed E-state index contributed by atoms with van der Waals surface area (Å²) in [6.45, 7) is 8.24. The summed E-state index contributed by atoms with van der Waals surface area (Å²) < 4.78 is 11.2. The lowest BCUT2D eigenvalue weighted by Gasteiger charge is -2.37. The van der Waals surface area contributed by atoms with Gasteiger partial charge in [-0.15, -0.1) is 0 Å². The van der Waals surface area contributed by atoms with E-state index in [2.05, 4.69) is 84.6 Å². The van der Waals surface area contributed by atoms with E-state index in [4.69, 9.17) is 19.4 Å². The number of imidazole rings is 2. The molecule has 0 radical (unpaired) electrons. The Kier molecular flexibility index (Phi) is 12.5. The van der Waals surface area contributed by atoms with Gasteiger partial charge in [-0.25, -0.2) is 14.8 Å². The third-order valence-corrected chi connectivity index (χ3v) is 12.9. The van der Waals surface area contributed by atoms with Crippen LogP contribution in [0.25, 0.3) is 33.6 Å². The number of aromatic amines is 2. The summed E-state index contributed by atoms with van der Waals surface area (Å²) in [6, 6.07) is 24.8. The molecule has 1 saturated carbocycles. The van der Waals surface area contributed by atoms with Crippen LogP contribution < -0.4 is 5.32 Å². The third kappa shape index (κ3) is 8.89. The van der Waals surface area contributed by atoms with E-state index in [-0.39, 0.29) is 36.6 Å². The molecule has 3 aliphatic rings. The molecule has 6 atom stereocenters. The number of nitrogens with zero attached hydrogens (tertiary/aromatic N) is 4. The van der Waals surface area contributed by atoms with E-state index in [0.29, 0.717) is 35.7 Å². The molecule has 0 unspecified atom stereocenters. The number of amides is 3. The van der Waals surface area contributed by atoms with Gasteiger partial charge in [-0.1, -0.05) is 106 Å². The van der Waals surface area contributed by atoms with Gasteiger partial charge < -0.3 is 34.6 Å². The molecular formula is C48H57N7O5. The van der Waals surface area contributed by atoms with Gasteiger partial charge in [0.15, 0.2) is 0 Å². The second kappa shape index (κ2) is 18.3. The number of rotatable bonds is 12. The van der Waals surface area contributed by atoms with E-state index in [0.717, 1.165) is 78.1 Å². The minimum Gasteiger partial charge on any atom is -0.453 e. The molecule has 12 heteroatoms. The highest BCUT2D eigenvalue weighted by atomic mass is 16.5. The number of carbonyl (C=O) groups is 3. The topological polar surface area (TPSA) is 146 Å². The summed E-state index contributed by atoms with van der Waals surface area (Å²) >= 11 is 0. The zero-order valence-electron chi connectivity index (χ0n) is 35.1. The number of alkyl carbamates (subject to hydrolysis) is 1. The fraction of sp³-hybridized carbons (Fsp3) is 0.438. The average Bonchev–Trinajstić information content (AvgIpc) is 4.12. The van der Waals surface area contributed by atoms with Gasteiger partial charge in [0.2, 0.25) is 5.91 Å². The Balaban J connectivity index is 0.891. The summed E-state index contributed by atoms with van der Waals surface area (Å²) in [5.41, 5.74) is 6.66. The fourth-order valence-corrected chi connectivity index (χ4v) is 9.50. The Morgan fingerprint density at radius 1 is 0.750 bits per heavy atom. The lowest BCUT2D eigenvalue weighted by molar-refractivity contribution is -0.142. The van der Waals surface area contributed by atoms with E-state index in [1.54, 1.807) is 4.90 Å². The number of benzene rings is 3.